The van der Waals surface area contributed by atoms with E-state index in [1.54, 1.807) is 30.0 Å². The van der Waals surface area contributed by atoms with Crippen molar-refractivity contribution in [2.75, 3.05) is 25.2 Å². The molecule has 0 radical (unpaired) electrons. The number of unbranched alkanes of at least 4 members (excludes halogenated alkanes) is 1. The maximum Gasteiger partial charge on any atom is 0.329 e. The van der Waals surface area contributed by atoms with Gasteiger partial charge in [-0.3, -0.25) is 4.79 Å². The van der Waals surface area contributed by atoms with Crippen molar-refractivity contribution in [3.63, 3.8) is 0 Å². The van der Waals surface area contributed by atoms with Crippen LogP contribution in [0.4, 0.5) is 0 Å². The summed E-state index contributed by atoms with van der Waals surface area (Å²) in [5, 5.41) is 12.3. The van der Waals surface area contributed by atoms with Crippen molar-refractivity contribution in [3.8, 4) is 11.5 Å². The van der Waals surface area contributed by atoms with E-state index in [4.69, 9.17) is 9.47 Å². The zero-order valence-corrected chi connectivity index (χ0v) is 15.5. The van der Waals surface area contributed by atoms with Gasteiger partial charge in [-0.15, -0.1) is 0 Å². The predicted octanol–water partition coefficient (Wildman–Crippen LogP) is 2.95. The summed E-state index contributed by atoms with van der Waals surface area (Å²) in [7, 11) is 1.51. The zero-order valence-electron chi connectivity index (χ0n) is 14.7. The van der Waals surface area contributed by atoms with Crippen LogP contribution < -0.4 is 14.8 Å². The molecule has 1 saturated heterocycles. The van der Waals surface area contributed by atoms with Crippen LogP contribution in [0.25, 0.3) is 0 Å². The Balaban J connectivity index is 2.14. The molecule has 6 nitrogen and oxygen atoms in total. The number of carbonyl (C=O) groups is 2. The lowest BCUT2D eigenvalue weighted by Crippen LogP contribution is -2.56. The van der Waals surface area contributed by atoms with Crippen LogP contribution in [-0.2, 0) is 4.79 Å². The molecule has 1 aliphatic rings. The van der Waals surface area contributed by atoms with Gasteiger partial charge >= 0.3 is 5.97 Å². The van der Waals surface area contributed by atoms with Crippen LogP contribution in [0.3, 0.4) is 0 Å². The Hall–Kier alpha value is -1.89. The Morgan fingerprint density at radius 1 is 1.28 bits per heavy atom. The standard InChI is InChI=1S/C18H25NO5S/c1-3-4-9-24-14-6-5-13(12-15(14)23-2)16(20)19-18(17(21)22)7-10-25-11-8-18/h5-6,12H,3-4,7-11H2,1-2H3,(H,19,20)(H,21,22). The molecule has 2 rings (SSSR count). The van der Waals surface area contributed by atoms with Crippen molar-refractivity contribution >= 4 is 23.6 Å². The number of methoxy groups -OCH3 is 1. The second-order valence-corrected chi connectivity index (χ2v) is 7.25. The van der Waals surface area contributed by atoms with Gasteiger partial charge in [-0.1, -0.05) is 13.3 Å². The van der Waals surface area contributed by atoms with Crippen molar-refractivity contribution in [2.24, 2.45) is 0 Å². The molecule has 0 atom stereocenters. The van der Waals surface area contributed by atoms with Crippen LogP contribution in [0.5, 0.6) is 11.5 Å². The van der Waals surface area contributed by atoms with Crippen LogP contribution in [0.15, 0.2) is 18.2 Å². The second kappa shape index (κ2) is 8.99. The number of amides is 1. The second-order valence-electron chi connectivity index (χ2n) is 6.02. The molecule has 1 aromatic rings. The highest BCUT2D eigenvalue weighted by atomic mass is 32.2. The summed E-state index contributed by atoms with van der Waals surface area (Å²) in [6, 6.07) is 4.91. The van der Waals surface area contributed by atoms with Crippen LogP contribution in [0.1, 0.15) is 43.0 Å². The zero-order chi connectivity index (χ0) is 18.3. The van der Waals surface area contributed by atoms with Crippen LogP contribution >= 0.6 is 11.8 Å². The van der Waals surface area contributed by atoms with E-state index in [1.165, 1.54) is 7.11 Å². The lowest BCUT2D eigenvalue weighted by Gasteiger charge is -2.33. The molecule has 138 valence electrons. The third-order valence-electron chi connectivity index (χ3n) is 4.29. The van der Waals surface area contributed by atoms with Crippen molar-refractivity contribution in [3.05, 3.63) is 23.8 Å². The van der Waals surface area contributed by atoms with Gasteiger partial charge in [0.1, 0.15) is 5.54 Å². The quantitative estimate of drug-likeness (QED) is 0.687. The van der Waals surface area contributed by atoms with Crippen molar-refractivity contribution in [2.45, 2.75) is 38.1 Å². The molecule has 0 aromatic heterocycles. The average Bonchev–Trinajstić information content (AvgIpc) is 2.62. The molecule has 25 heavy (non-hydrogen) atoms. The fourth-order valence-corrected chi connectivity index (χ4v) is 3.85. The van der Waals surface area contributed by atoms with E-state index in [9.17, 15) is 14.7 Å². The Labute approximate surface area is 152 Å². The smallest absolute Gasteiger partial charge is 0.329 e. The Morgan fingerprint density at radius 2 is 2.00 bits per heavy atom. The lowest BCUT2D eigenvalue weighted by molar-refractivity contribution is -0.144. The number of benzene rings is 1. The summed E-state index contributed by atoms with van der Waals surface area (Å²) < 4.78 is 11.0. The first-order valence-electron chi connectivity index (χ1n) is 8.47. The number of carboxylic acid groups (broad SMARTS) is 1. The number of carbonyl (C=O) groups excluding carboxylic acids is 1. The normalized spacial score (nSPS) is 16.1. The van der Waals surface area contributed by atoms with E-state index in [2.05, 4.69) is 12.2 Å². The van der Waals surface area contributed by atoms with Crippen LogP contribution in [0.2, 0.25) is 0 Å². The van der Waals surface area contributed by atoms with Gasteiger partial charge in [0.2, 0.25) is 0 Å². The van der Waals surface area contributed by atoms with Crippen molar-refractivity contribution in [1.29, 1.82) is 0 Å². The molecular formula is C18H25NO5S. The summed E-state index contributed by atoms with van der Waals surface area (Å²) in [4.78, 5) is 24.3. The van der Waals surface area contributed by atoms with E-state index in [0.717, 1.165) is 24.3 Å². The predicted molar refractivity (Wildman–Crippen MR) is 97.8 cm³/mol. The number of nitrogens with one attached hydrogen (secondary N) is 1. The molecule has 1 fully saturated rings. The van der Waals surface area contributed by atoms with Crippen LogP contribution in [0, 0.1) is 0 Å². The highest BCUT2D eigenvalue weighted by Crippen LogP contribution is 2.30. The lowest BCUT2D eigenvalue weighted by atomic mass is 9.92. The fraction of sp³-hybridized carbons (Fsp3) is 0.556. The third-order valence-corrected chi connectivity index (χ3v) is 5.28. The number of ether oxygens (including phenoxy) is 2. The average molecular weight is 367 g/mol. The van der Waals surface area contributed by atoms with E-state index in [-0.39, 0.29) is 0 Å². The monoisotopic (exact) mass is 367 g/mol. The molecule has 0 bridgehead atoms. The van der Waals surface area contributed by atoms with Crippen molar-refractivity contribution in [1.82, 2.24) is 5.32 Å². The minimum absolute atomic E-state index is 0.360. The van der Waals surface area contributed by atoms with Gasteiger partial charge in [0.25, 0.3) is 5.91 Å². The molecule has 1 aliphatic heterocycles. The molecule has 1 aromatic carbocycles. The number of carboxylic acids is 1. The van der Waals surface area contributed by atoms with Crippen LogP contribution in [-0.4, -0.2) is 47.7 Å². The first-order chi connectivity index (χ1) is 12.0. The maximum atomic E-state index is 12.6. The topological polar surface area (TPSA) is 84.9 Å². The largest absolute Gasteiger partial charge is 0.493 e. The number of thioether (sulfide) groups is 1. The van der Waals surface area contributed by atoms with Gasteiger partial charge in [0, 0.05) is 5.56 Å². The molecule has 2 N–H and O–H groups in total. The molecule has 7 heteroatoms. The van der Waals surface area contributed by atoms with Gasteiger partial charge in [-0.05, 0) is 49.0 Å². The summed E-state index contributed by atoms with van der Waals surface area (Å²) in [6.07, 6.45) is 2.81. The molecule has 1 heterocycles. The van der Waals surface area contributed by atoms with E-state index in [1.807, 2.05) is 0 Å². The SMILES string of the molecule is CCCCOc1ccc(C(=O)NC2(C(=O)O)CCSCC2)cc1OC. The Bertz CT molecular complexity index is 613. The minimum Gasteiger partial charge on any atom is -0.493 e. The van der Waals surface area contributed by atoms with Gasteiger partial charge in [0.05, 0.1) is 13.7 Å². The highest BCUT2D eigenvalue weighted by Gasteiger charge is 2.41. The first kappa shape index (κ1) is 19.4. The number of aliphatic carboxylic acids is 1. The van der Waals surface area contributed by atoms with Gasteiger partial charge < -0.3 is 19.9 Å². The highest BCUT2D eigenvalue weighted by molar-refractivity contribution is 7.99. The fourth-order valence-electron chi connectivity index (χ4n) is 2.66. The number of rotatable bonds is 8. The molecule has 0 unspecified atom stereocenters. The summed E-state index contributed by atoms with van der Waals surface area (Å²) in [5.41, 5.74) is -0.829. The summed E-state index contributed by atoms with van der Waals surface area (Å²) in [5.74, 6) is 1.10. The number of hydrogen-bond donors (Lipinski definition) is 2. The molecular weight excluding hydrogens is 342 g/mol. The Morgan fingerprint density at radius 3 is 2.60 bits per heavy atom. The molecule has 0 saturated carbocycles. The molecule has 1 amide bonds. The van der Waals surface area contributed by atoms with E-state index >= 15 is 0 Å². The summed E-state index contributed by atoms with van der Waals surface area (Å²) >= 11 is 1.70. The van der Waals surface area contributed by atoms with E-state index in [0.29, 0.717) is 36.5 Å². The maximum absolute atomic E-state index is 12.6. The van der Waals surface area contributed by atoms with E-state index < -0.39 is 17.4 Å². The number of hydrogen-bond acceptors (Lipinski definition) is 5. The molecule has 0 aliphatic carbocycles. The summed E-state index contributed by atoms with van der Waals surface area (Å²) in [6.45, 7) is 2.66. The minimum atomic E-state index is -1.19. The Kier molecular flexibility index (Phi) is 6.99. The van der Waals surface area contributed by atoms with Gasteiger partial charge in [-0.2, -0.15) is 11.8 Å². The third kappa shape index (κ3) is 4.81. The molecule has 0 spiro atoms. The van der Waals surface area contributed by atoms with Gasteiger partial charge in [-0.25, -0.2) is 4.79 Å². The first-order valence-corrected chi connectivity index (χ1v) is 9.62. The van der Waals surface area contributed by atoms with Crippen molar-refractivity contribution < 1.29 is 24.2 Å². The van der Waals surface area contributed by atoms with Gasteiger partial charge in [0.15, 0.2) is 11.5 Å².